The molecule has 108 valence electrons. The minimum Gasteiger partial charge on any atom is -0.457 e. The second-order valence-corrected chi connectivity index (χ2v) is 6.08. The van der Waals surface area contributed by atoms with Gasteiger partial charge in [0.1, 0.15) is 11.5 Å². The van der Waals surface area contributed by atoms with Gasteiger partial charge in [-0.1, -0.05) is 30.3 Å². The maximum Gasteiger partial charge on any atom is 0.131 e. The van der Waals surface area contributed by atoms with Crippen molar-refractivity contribution in [1.82, 2.24) is 4.90 Å². The molecule has 0 N–H and O–H groups in total. The monoisotopic (exact) mass is 279 g/mol. The van der Waals surface area contributed by atoms with E-state index in [4.69, 9.17) is 4.74 Å². The van der Waals surface area contributed by atoms with Gasteiger partial charge in [0, 0.05) is 18.5 Å². The zero-order valence-electron chi connectivity index (χ0n) is 12.3. The van der Waals surface area contributed by atoms with Gasteiger partial charge in [-0.05, 0) is 55.6 Å². The van der Waals surface area contributed by atoms with E-state index < -0.39 is 0 Å². The molecule has 2 heteroatoms. The minimum absolute atomic E-state index is 1.00. The van der Waals surface area contributed by atoms with Crippen LogP contribution in [0.3, 0.4) is 0 Å². The lowest BCUT2D eigenvalue weighted by Crippen LogP contribution is -2.22. The van der Waals surface area contributed by atoms with Crippen LogP contribution in [-0.2, 0) is 12.8 Å². The Hall–Kier alpha value is -1.80. The van der Waals surface area contributed by atoms with Gasteiger partial charge >= 0.3 is 0 Å². The number of nitrogens with zero attached hydrogens (tertiary/aromatic N) is 1. The fourth-order valence-corrected chi connectivity index (χ4v) is 3.48. The highest BCUT2D eigenvalue weighted by atomic mass is 16.5. The van der Waals surface area contributed by atoms with Crippen LogP contribution < -0.4 is 4.74 Å². The summed E-state index contributed by atoms with van der Waals surface area (Å²) in [5.41, 5.74) is 4.14. The van der Waals surface area contributed by atoms with E-state index in [0.29, 0.717) is 0 Å². The molecular formula is C19H21NO. The fraction of sp³-hybridized carbons (Fsp3) is 0.368. The van der Waals surface area contributed by atoms with Gasteiger partial charge in [0.2, 0.25) is 0 Å². The lowest BCUT2D eigenvalue weighted by atomic mass is 9.94. The van der Waals surface area contributed by atoms with Crippen LogP contribution in [0.15, 0.2) is 42.5 Å². The molecule has 1 saturated heterocycles. The van der Waals surface area contributed by atoms with Crippen molar-refractivity contribution in [3.8, 4) is 11.5 Å². The van der Waals surface area contributed by atoms with Crippen LogP contribution in [0.4, 0.5) is 0 Å². The highest BCUT2D eigenvalue weighted by Gasteiger charge is 2.19. The topological polar surface area (TPSA) is 12.5 Å². The molecule has 2 heterocycles. The zero-order chi connectivity index (χ0) is 14.1. The number of fused-ring (bicyclic) bond motifs is 2. The van der Waals surface area contributed by atoms with Crippen molar-refractivity contribution < 1.29 is 4.74 Å². The van der Waals surface area contributed by atoms with E-state index in [-0.39, 0.29) is 0 Å². The third kappa shape index (κ3) is 2.56. The first kappa shape index (κ1) is 12.9. The third-order valence-corrected chi connectivity index (χ3v) is 4.69. The first-order chi connectivity index (χ1) is 10.4. The molecule has 0 bridgehead atoms. The summed E-state index contributed by atoms with van der Waals surface area (Å²) in [7, 11) is 0. The first-order valence-electron chi connectivity index (χ1n) is 7.99. The Labute approximate surface area is 126 Å². The van der Waals surface area contributed by atoms with E-state index in [1.807, 2.05) is 6.07 Å². The summed E-state index contributed by atoms with van der Waals surface area (Å²) in [6.45, 7) is 3.72. The van der Waals surface area contributed by atoms with Crippen molar-refractivity contribution in [2.45, 2.75) is 25.7 Å². The van der Waals surface area contributed by atoms with E-state index in [2.05, 4.69) is 41.3 Å². The molecular weight excluding hydrogens is 258 g/mol. The maximum absolute atomic E-state index is 6.08. The van der Waals surface area contributed by atoms with Gasteiger partial charge in [0.05, 0.1) is 0 Å². The first-order valence-corrected chi connectivity index (χ1v) is 7.99. The molecule has 2 aliphatic rings. The second-order valence-electron chi connectivity index (χ2n) is 6.08. The van der Waals surface area contributed by atoms with Crippen LogP contribution in [-0.4, -0.2) is 24.5 Å². The van der Waals surface area contributed by atoms with E-state index in [1.165, 1.54) is 49.2 Å². The largest absolute Gasteiger partial charge is 0.457 e. The Balaban J connectivity index is 1.57. The molecule has 2 aromatic rings. The van der Waals surface area contributed by atoms with Gasteiger partial charge in [-0.3, -0.25) is 0 Å². The quantitative estimate of drug-likeness (QED) is 0.718. The number of benzene rings is 2. The Morgan fingerprint density at radius 2 is 1.71 bits per heavy atom. The third-order valence-electron chi connectivity index (χ3n) is 4.69. The lowest BCUT2D eigenvalue weighted by Gasteiger charge is -2.23. The van der Waals surface area contributed by atoms with Crippen molar-refractivity contribution in [2.24, 2.45) is 0 Å². The Kier molecular flexibility index (Phi) is 3.40. The summed E-state index contributed by atoms with van der Waals surface area (Å²) in [5.74, 6) is 2.06. The number of rotatable bonds is 3. The van der Waals surface area contributed by atoms with Gasteiger partial charge in [0.15, 0.2) is 0 Å². The molecule has 21 heavy (non-hydrogen) atoms. The molecule has 0 unspecified atom stereocenters. The second kappa shape index (κ2) is 5.53. The Morgan fingerprint density at radius 1 is 0.905 bits per heavy atom. The summed E-state index contributed by atoms with van der Waals surface area (Å²) < 4.78 is 6.08. The van der Waals surface area contributed by atoms with Crippen LogP contribution in [0.1, 0.15) is 29.5 Å². The van der Waals surface area contributed by atoms with E-state index in [1.54, 1.807) is 0 Å². The highest BCUT2D eigenvalue weighted by molar-refractivity contribution is 5.52. The van der Waals surface area contributed by atoms with Gasteiger partial charge in [-0.25, -0.2) is 0 Å². The van der Waals surface area contributed by atoms with Crippen LogP contribution in [0.2, 0.25) is 0 Å². The zero-order valence-corrected chi connectivity index (χ0v) is 12.3. The normalized spacial score (nSPS) is 17.1. The molecule has 2 aromatic carbocycles. The number of ether oxygens (including phenoxy) is 1. The molecule has 0 atom stereocenters. The smallest absolute Gasteiger partial charge is 0.131 e. The summed E-state index contributed by atoms with van der Waals surface area (Å²) in [6, 6.07) is 14.9. The van der Waals surface area contributed by atoms with Crippen molar-refractivity contribution in [2.75, 3.05) is 19.6 Å². The van der Waals surface area contributed by atoms with Crippen LogP contribution >= 0.6 is 0 Å². The van der Waals surface area contributed by atoms with Gasteiger partial charge < -0.3 is 9.64 Å². The molecule has 4 rings (SSSR count). The fourth-order valence-electron chi connectivity index (χ4n) is 3.48. The SMILES string of the molecule is c1ccc2c(c1)Cc1c(CCN3CCCC3)cccc1O2. The molecule has 2 nitrogen and oxygen atoms in total. The summed E-state index contributed by atoms with van der Waals surface area (Å²) in [4.78, 5) is 2.58. The molecule has 0 saturated carbocycles. The maximum atomic E-state index is 6.08. The van der Waals surface area contributed by atoms with Crippen molar-refractivity contribution in [3.63, 3.8) is 0 Å². The van der Waals surface area contributed by atoms with E-state index in [9.17, 15) is 0 Å². The molecule has 0 aliphatic carbocycles. The van der Waals surface area contributed by atoms with Crippen LogP contribution in [0.5, 0.6) is 11.5 Å². The van der Waals surface area contributed by atoms with Crippen molar-refractivity contribution >= 4 is 0 Å². The molecule has 2 aliphatic heterocycles. The standard InChI is InChI=1S/C19H21NO/c1-2-8-18-16(6-1)14-17-15(7-5-9-19(17)21-18)10-13-20-11-3-4-12-20/h1-2,5-9H,3-4,10-14H2. The summed E-state index contributed by atoms with van der Waals surface area (Å²) in [5, 5.41) is 0. The summed E-state index contributed by atoms with van der Waals surface area (Å²) in [6.07, 6.45) is 4.86. The molecule has 0 amide bonds. The predicted molar refractivity (Wildman–Crippen MR) is 85.1 cm³/mol. The Morgan fingerprint density at radius 3 is 2.62 bits per heavy atom. The number of para-hydroxylation sites is 1. The number of likely N-dealkylation sites (tertiary alicyclic amines) is 1. The van der Waals surface area contributed by atoms with Crippen LogP contribution in [0, 0.1) is 0 Å². The summed E-state index contributed by atoms with van der Waals surface area (Å²) >= 11 is 0. The minimum atomic E-state index is 1.00. The van der Waals surface area contributed by atoms with Crippen molar-refractivity contribution in [1.29, 1.82) is 0 Å². The number of hydrogen-bond acceptors (Lipinski definition) is 2. The van der Waals surface area contributed by atoms with Crippen LogP contribution in [0.25, 0.3) is 0 Å². The van der Waals surface area contributed by atoms with Gasteiger partial charge in [-0.2, -0.15) is 0 Å². The van der Waals surface area contributed by atoms with Gasteiger partial charge in [0.25, 0.3) is 0 Å². The molecule has 0 radical (unpaired) electrons. The van der Waals surface area contributed by atoms with Crippen molar-refractivity contribution in [3.05, 3.63) is 59.2 Å². The predicted octanol–water partition coefficient (Wildman–Crippen LogP) is 4.02. The molecule has 0 aromatic heterocycles. The number of hydrogen-bond donors (Lipinski definition) is 0. The van der Waals surface area contributed by atoms with Gasteiger partial charge in [-0.15, -0.1) is 0 Å². The lowest BCUT2D eigenvalue weighted by molar-refractivity contribution is 0.343. The molecule has 1 fully saturated rings. The average Bonchev–Trinajstić information content (AvgIpc) is 3.04. The van der Waals surface area contributed by atoms with E-state index >= 15 is 0 Å². The van der Waals surface area contributed by atoms with E-state index in [0.717, 1.165) is 24.3 Å². The highest BCUT2D eigenvalue weighted by Crippen LogP contribution is 2.37. The average molecular weight is 279 g/mol. The Bertz CT molecular complexity index is 644. The molecule has 0 spiro atoms.